The number of hydrogen-bond donors (Lipinski definition) is 0. The molecule has 0 aliphatic heterocycles. The first kappa shape index (κ1) is 15.5. The summed E-state index contributed by atoms with van der Waals surface area (Å²) >= 11 is 0. The van der Waals surface area contributed by atoms with Gasteiger partial charge in [-0.2, -0.15) is 26.3 Å². The monoisotopic (exact) mass is 284 g/mol. The highest BCUT2D eigenvalue weighted by Crippen LogP contribution is 2.41. The van der Waals surface area contributed by atoms with Gasteiger partial charge in [0.2, 0.25) is 5.92 Å². The van der Waals surface area contributed by atoms with Crippen LogP contribution in [0.3, 0.4) is 0 Å². The highest BCUT2D eigenvalue weighted by atomic mass is 19.4. The molecule has 0 atom stereocenters. The lowest BCUT2D eigenvalue weighted by atomic mass is 9.92. The molecule has 0 unspecified atom stereocenters. The standard InChI is InChI=1S/C12H10F6O/c1-6-3-4-8(7(2)5-6)9(19)10(11(13,14)15)12(16,17)18/h3-5,10H,1-2H3. The SMILES string of the molecule is Cc1ccc(C(=O)C(C(F)(F)F)C(F)(F)F)c(C)c1. The second-order valence-corrected chi connectivity index (χ2v) is 4.20. The van der Waals surface area contributed by atoms with E-state index < -0.39 is 29.6 Å². The predicted octanol–water partition coefficient (Wildman–Crippen LogP) is 4.23. The van der Waals surface area contributed by atoms with Gasteiger partial charge in [-0.05, 0) is 19.4 Å². The molecule has 0 N–H and O–H groups in total. The molecule has 1 rings (SSSR count). The molecular weight excluding hydrogens is 274 g/mol. The fourth-order valence-corrected chi connectivity index (χ4v) is 1.73. The summed E-state index contributed by atoms with van der Waals surface area (Å²) in [6.07, 6.45) is -11.3. The molecule has 0 radical (unpaired) electrons. The molecule has 106 valence electrons. The van der Waals surface area contributed by atoms with E-state index in [0.717, 1.165) is 6.07 Å². The topological polar surface area (TPSA) is 17.1 Å². The van der Waals surface area contributed by atoms with Crippen LogP contribution in [-0.2, 0) is 0 Å². The average Bonchev–Trinajstić information content (AvgIpc) is 2.11. The first-order valence-electron chi connectivity index (χ1n) is 5.19. The molecule has 1 aromatic rings. The third-order valence-corrected chi connectivity index (χ3v) is 2.56. The van der Waals surface area contributed by atoms with E-state index in [9.17, 15) is 31.1 Å². The molecule has 7 heteroatoms. The van der Waals surface area contributed by atoms with E-state index in [1.807, 2.05) is 0 Å². The van der Waals surface area contributed by atoms with Crippen LogP contribution in [0.25, 0.3) is 0 Å². The molecule has 0 heterocycles. The van der Waals surface area contributed by atoms with Gasteiger partial charge in [-0.25, -0.2) is 0 Å². The molecule has 0 fully saturated rings. The van der Waals surface area contributed by atoms with Crippen molar-refractivity contribution in [3.05, 3.63) is 34.9 Å². The largest absolute Gasteiger partial charge is 0.407 e. The van der Waals surface area contributed by atoms with Crippen molar-refractivity contribution in [1.82, 2.24) is 0 Å². The Morgan fingerprint density at radius 2 is 1.47 bits per heavy atom. The lowest BCUT2D eigenvalue weighted by Gasteiger charge is -2.22. The maximum atomic E-state index is 12.4. The fraction of sp³-hybridized carbons (Fsp3) is 0.417. The molecular formula is C12H10F6O. The molecule has 0 saturated carbocycles. The molecule has 0 saturated heterocycles. The second kappa shape index (κ2) is 4.86. The van der Waals surface area contributed by atoms with Crippen LogP contribution in [0.15, 0.2) is 18.2 Å². The Morgan fingerprint density at radius 3 is 1.84 bits per heavy atom. The summed E-state index contributed by atoms with van der Waals surface area (Å²) in [6.45, 7) is 2.91. The highest BCUT2D eigenvalue weighted by Gasteiger charge is 2.61. The van der Waals surface area contributed by atoms with Gasteiger partial charge in [0.05, 0.1) is 0 Å². The van der Waals surface area contributed by atoms with Gasteiger partial charge in [0.1, 0.15) is 0 Å². The summed E-state index contributed by atoms with van der Waals surface area (Å²) in [5, 5.41) is 0. The van der Waals surface area contributed by atoms with Crippen LogP contribution in [0, 0.1) is 19.8 Å². The lowest BCUT2D eigenvalue weighted by Crippen LogP contribution is -2.42. The molecule has 0 bridgehead atoms. The van der Waals surface area contributed by atoms with Crippen LogP contribution in [0.2, 0.25) is 0 Å². The number of hydrogen-bond acceptors (Lipinski definition) is 1. The Labute approximate surface area is 105 Å². The number of rotatable bonds is 2. The van der Waals surface area contributed by atoms with Crippen molar-refractivity contribution in [3.63, 3.8) is 0 Å². The minimum Gasteiger partial charge on any atom is -0.293 e. The number of carbonyl (C=O) groups is 1. The van der Waals surface area contributed by atoms with Crippen LogP contribution in [0.1, 0.15) is 21.5 Å². The summed E-state index contributed by atoms with van der Waals surface area (Å²) < 4.78 is 74.5. The Hall–Kier alpha value is -1.53. The molecule has 0 spiro atoms. The summed E-state index contributed by atoms with van der Waals surface area (Å²) in [6, 6.07) is 3.64. The number of halogens is 6. The Kier molecular flexibility index (Phi) is 3.97. The first-order valence-corrected chi connectivity index (χ1v) is 5.19. The van der Waals surface area contributed by atoms with Crippen molar-refractivity contribution in [3.8, 4) is 0 Å². The molecule has 0 aromatic heterocycles. The number of aryl methyl sites for hydroxylation is 2. The lowest BCUT2D eigenvalue weighted by molar-refractivity contribution is -0.264. The van der Waals surface area contributed by atoms with Gasteiger partial charge < -0.3 is 0 Å². The fourth-order valence-electron chi connectivity index (χ4n) is 1.73. The van der Waals surface area contributed by atoms with Crippen molar-refractivity contribution in [1.29, 1.82) is 0 Å². The Morgan fingerprint density at radius 1 is 1.00 bits per heavy atom. The van der Waals surface area contributed by atoms with E-state index in [1.165, 1.54) is 19.1 Å². The van der Waals surface area contributed by atoms with Gasteiger partial charge in [-0.1, -0.05) is 23.8 Å². The van der Waals surface area contributed by atoms with E-state index >= 15 is 0 Å². The summed E-state index contributed by atoms with van der Waals surface area (Å²) in [7, 11) is 0. The second-order valence-electron chi connectivity index (χ2n) is 4.20. The number of benzene rings is 1. The molecule has 0 aliphatic carbocycles. The van der Waals surface area contributed by atoms with Crippen LogP contribution in [-0.4, -0.2) is 18.1 Å². The van der Waals surface area contributed by atoms with Crippen LogP contribution >= 0.6 is 0 Å². The maximum absolute atomic E-state index is 12.4. The number of alkyl halides is 6. The number of carbonyl (C=O) groups excluding carboxylic acids is 1. The van der Waals surface area contributed by atoms with Gasteiger partial charge in [0, 0.05) is 5.56 Å². The number of Topliss-reactive ketones (excluding diaryl/α,β-unsaturated/α-hetero) is 1. The third-order valence-electron chi connectivity index (χ3n) is 2.56. The predicted molar refractivity (Wildman–Crippen MR) is 55.8 cm³/mol. The highest BCUT2D eigenvalue weighted by molar-refractivity contribution is 6.00. The Bertz CT molecular complexity index is 472. The average molecular weight is 284 g/mol. The van der Waals surface area contributed by atoms with Gasteiger partial charge in [0.25, 0.3) is 0 Å². The minimum absolute atomic E-state index is 0.0866. The van der Waals surface area contributed by atoms with Crippen molar-refractivity contribution in [2.75, 3.05) is 0 Å². The summed E-state index contributed by atoms with van der Waals surface area (Å²) in [4.78, 5) is 11.5. The molecule has 19 heavy (non-hydrogen) atoms. The van der Waals surface area contributed by atoms with Gasteiger partial charge in [-0.3, -0.25) is 4.79 Å². The normalized spacial score (nSPS) is 12.9. The molecule has 1 aromatic carbocycles. The molecule has 0 amide bonds. The molecule has 1 nitrogen and oxygen atoms in total. The van der Waals surface area contributed by atoms with E-state index in [1.54, 1.807) is 6.92 Å². The van der Waals surface area contributed by atoms with Crippen LogP contribution < -0.4 is 0 Å². The number of ketones is 1. The van der Waals surface area contributed by atoms with Crippen LogP contribution in [0.5, 0.6) is 0 Å². The van der Waals surface area contributed by atoms with Crippen molar-refractivity contribution >= 4 is 5.78 Å². The first-order chi connectivity index (χ1) is 8.44. The van der Waals surface area contributed by atoms with Gasteiger partial charge in [-0.15, -0.1) is 0 Å². The summed E-state index contributed by atoms with van der Waals surface area (Å²) in [5.41, 5.74) is 0.165. The maximum Gasteiger partial charge on any atom is 0.407 e. The van der Waals surface area contributed by atoms with Gasteiger partial charge >= 0.3 is 12.4 Å². The zero-order valence-corrected chi connectivity index (χ0v) is 9.99. The van der Waals surface area contributed by atoms with E-state index in [-0.39, 0.29) is 5.56 Å². The molecule has 0 aliphatic rings. The Balaban J connectivity index is 3.29. The van der Waals surface area contributed by atoms with E-state index in [4.69, 9.17) is 0 Å². The zero-order chi connectivity index (χ0) is 15.0. The van der Waals surface area contributed by atoms with E-state index in [0.29, 0.717) is 5.56 Å². The van der Waals surface area contributed by atoms with Gasteiger partial charge in [0.15, 0.2) is 5.78 Å². The van der Waals surface area contributed by atoms with Crippen molar-refractivity contribution in [2.45, 2.75) is 26.2 Å². The van der Waals surface area contributed by atoms with Crippen LogP contribution in [0.4, 0.5) is 26.3 Å². The quantitative estimate of drug-likeness (QED) is 0.587. The summed E-state index contributed by atoms with van der Waals surface area (Å²) in [5.74, 6) is -5.96. The van der Waals surface area contributed by atoms with E-state index in [2.05, 4.69) is 0 Å². The third kappa shape index (κ3) is 3.48. The van der Waals surface area contributed by atoms with Crippen molar-refractivity contribution < 1.29 is 31.1 Å². The smallest absolute Gasteiger partial charge is 0.293 e. The van der Waals surface area contributed by atoms with Crippen molar-refractivity contribution in [2.24, 2.45) is 5.92 Å². The minimum atomic E-state index is -5.66. The zero-order valence-electron chi connectivity index (χ0n) is 9.99.